The first-order valence-corrected chi connectivity index (χ1v) is 9.86. The smallest absolute Gasteiger partial charge is 0.264 e. The number of nitrogens with zero attached hydrogens (tertiary/aromatic N) is 1. The van der Waals surface area contributed by atoms with Gasteiger partial charge in [0.1, 0.15) is 0 Å². The first kappa shape index (κ1) is 17.5. The van der Waals surface area contributed by atoms with Crippen molar-refractivity contribution < 1.29 is 13.2 Å². The summed E-state index contributed by atoms with van der Waals surface area (Å²) in [5, 5.41) is 2.88. The number of rotatable bonds is 6. The van der Waals surface area contributed by atoms with Crippen LogP contribution in [-0.2, 0) is 10.0 Å². The highest BCUT2D eigenvalue weighted by Crippen LogP contribution is 2.25. The summed E-state index contributed by atoms with van der Waals surface area (Å²) in [6.45, 7) is 4.03. The fourth-order valence-electron chi connectivity index (χ4n) is 2.70. The second kappa shape index (κ2) is 6.88. The number of benzene rings is 2. The topological polar surface area (TPSA) is 66.5 Å². The minimum Gasteiger partial charge on any atom is -0.349 e. The van der Waals surface area contributed by atoms with Crippen LogP contribution in [0.5, 0.6) is 0 Å². The zero-order chi connectivity index (χ0) is 18.0. The van der Waals surface area contributed by atoms with Gasteiger partial charge < -0.3 is 5.32 Å². The quantitative estimate of drug-likeness (QED) is 0.863. The van der Waals surface area contributed by atoms with Crippen LogP contribution in [0.2, 0.25) is 0 Å². The van der Waals surface area contributed by atoms with E-state index in [2.05, 4.69) is 5.32 Å². The molecule has 25 heavy (non-hydrogen) atoms. The molecule has 0 saturated heterocycles. The van der Waals surface area contributed by atoms with E-state index >= 15 is 0 Å². The molecule has 1 N–H and O–H groups in total. The maximum Gasteiger partial charge on any atom is 0.264 e. The summed E-state index contributed by atoms with van der Waals surface area (Å²) >= 11 is 0. The standard InChI is InChI=1S/C19H22N2O3S/c1-3-21(17-8-4-6-14(2)12-17)25(23,24)18-9-5-7-15(13-18)19(22)20-16-10-11-16/h4-9,12-13,16H,3,10-11H2,1-2H3,(H,20,22). The van der Waals surface area contributed by atoms with Crippen molar-refractivity contribution in [2.24, 2.45) is 0 Å². The number of anilines is 1. The number of carbonyl (C=O) groups is 1. The van der Waals surface area contributed by atoms with Crippen LogP contribution in [0.25, 0.3) is 0 Å². The molecule has 0 bridgehead atoms. The summed E-state index contributed by atoms with van der Waals surface area (Å²) in [5.41, 5.74) is 1.98. The van der Waals surface area contributed by atoms with Crippen LogP contribution in [-0.4, -0.2) is 26.9 Å². The van der Waals surface area contributed by atoms with E-state index in [0.717, 1.165) is 18.4 Å². The van der Waals surface area contributed by atoms with Crippen LogP contribution >= 0.6 is 0 Å². The molecule has 1 amide bonds. The van der Waals surface area contributed by atoms with Crippen LogP contribution in [0.4, 0.5) is 5.69 Å². The fourth-order valence-corrected chi connectivity index (χ4v) is 4.21. The van der Waals surface area contributed by atoms with Crippen LogP contribution in [0.1, 0.15) is 35.7 Å². The van der Waals surface area contributed by atoms with E-state index in [4.69, 9.17) is 0 Å². The SMILES string of the molecule is CCN(c1cccc(C)c1)S(=O)(=O)c1cccc(C(=O)NC2CC2)c1. The molecule has 0 aromatic heterocycles. The van der Waals surface area contributed by atoms with Crippen LogP contribution in [0.15, 0.2) is 53.4 Å². The minimum absolute atomic E-state index is 0.124. The summed E-state index contributed by atoms with van der Waals surface area (Å²) in [5.74, 6) is -0.224. The van der Waals surface area contributed by atoms with Crippen LogP contribution in [0.3, 0.4) is 0 Å². The van der Waals surface area contributed by atoms with Gasteiger partial charge in [-0.05, 0) is 62.6 Å². The molecule has 0 aliphatic heterocycles. The lowest BCUT2D eigenvalue weighted by atomic mass is 10.2. The van der Waals surface area contributed by atoms with Crippen molar-refractivity contribution >= 4 is 21.6 Å². The number of amides is 1. The van der Waals surface area contributed by atoms with Gasteiger partial charge in [0.15, 0.2) is 0 Å². The monoisotopic (exact) mass is 358 g/mol. The van der Waals surface area contributed by atoms with E-state index in [-0.39, 0.29) is 16.8 Å². The third kappa shape index (κ3) is 3.85. The normalized spacial score (nSPS) is 14.2. The molecule has 1 aliphatic rings. The molecule has 6 heteroatoms. The molecule has 5 nitrogen and oxygen atoms in total. The molecular weight excluding hydrogens is 336 g/mol. The van der Waals surface area contributed by atoms with Crippen LogP contribution < -0.4 is 9.62 Å². The van der Waals surface area contributed by atoms with Gasteiger partial charge in [-0.1, -0.05) is 18.2 Å². The third-order valence-electron chi connectivity index (χ3n) is 4.17. The van der Waals surface area contributed by atoms with E-state index in [1.54, 1.807) is 25.1 Å². The van der Waals surface area contributed by atoms with Gasteiger partial charge in [-0.2, -0.15) is 0 Å². The molecule has 0 heterocycles. The zero-order valence-electron chi connectivity index (χ0n) is 14.4. The summed E-state index contributed by atoms with van der Waals surface area (Å²) < 4.78 is 27.5. The Morgan fingerprint density at radius 2 is 1.88 bits per heavy atom. The Labute approximate surface area is 148 Å². The van der Waals surface area contributed by atoms with Crippen molar-refractivity contribution in [3.05, 3.63) is 59.7 Å². The predicted molar refractivity (Wildman–Crippen MR) is 98.3 cm³/mol. The average Bonchev–Trinajstić information content (AvgIpc) is 3.39. The zero-order valence-corrected chi connectivity index (χ0v) is 15.2. The first-order valence-electron chi connectivity index (χ1n) is 8.42. The van der Waals surface area contributed by atoms with E-state index in [1.165, 1.54) is 16.4 Å². The Kier molecular flexibility index (Phi) is 4.81. The molecule has 2 aromatic carbocycles. The summed E-state index contributed by atoms with van der Waals surface area (Å²) in [4.78, 5) is 12.3. The highest BCUT2D eigenvalue weighted by molar-refractivity contribution is 7.92. The van der Waals surface area contributed by atoms with Gasteiger partial charge in [0.2, 0.25) is 0 Å². The maximum atomic E-state index is 13.1. The molecule has 132 valence electrons. The number of nitrogens with one attached hydrogen (secondary N) is 1. The van der Waals surface area contributed by atoms with Crippen molar-refractivity contribution in [3.63, 3.8) is 0 Å². The Hall–Kier alpha value is -2.34. The Bertz CT molecular complexity index is 889. The Morgan fingerprint density at radius 1 is 1.16 bits per heavy atom. The highest BCUT2D eigenvalue weighted by Gasteiger charge is 2.26. The van der Waals surface area contributed by atoms with Crippen LogP contribution in [0, 0.1) is 6.92 Å². The first-order chi connectivity index (χ1) is 11.9. The maximum absolute atomic E-state index is 13.1. The lowest BCUT2D eigenvalue weighted by Crippen LogP contribution is -2.31. The highest BCUT2D eigenvalue weighted by atomic mass is 32.2. The third-order valence-corrected chi connectivity index (χ3v) is 6.07. The van der Waals surface area contributed by atoms with E-state index < -0.39 is 10.0 Å². The number of aryl methyl sites for hydroxylation is 1. The van der Waals surface area contributed by atoms with Crippen molar-refractivity contribution in [2.75, 3.05) is 10.8 Å². The Balaban J connectivity index is 1.94. The van der Waals surface area contributed by atoms with Crippen molar-refractivity contribution in [1.82, 2.24) is 5.32 Å². The van der Waals surface area contributed by atoms with Gasteiger partial charge in [-0.25, -0.2) is 8.42 Å². The molecule has 0 spiro atoms. The average molecular weight is 358 g/mol. The molecular formula is C19H22N2O3S. The molecule has 1 aliphatic carbocycles. The van der Waals surface area contributed by atoms with Gasteiger partial charge in [0, 0.05) is 18.2 Å². The van der Waals surface area contributed by atoms with E-state index in [1.807, 2.05) is 25.1 Å². The van der Waals surface area contributed by atoms with Crippen molar-refractivity contribution in [2.45, 2.75) is 37.6 Å². The van der Waals surface area contributed by atoms with Gasteiger partial charge in [0.25, 0.3) is 15.9 Å². The molecule has 0 radical (unpaired) electrons. The molecule has 1 fully saturated rings. The number of hydrogen-bond donors (Lipinski definition) is 1. The molecule has 2 aromatic rings. The summed E-state index contributed by atoms with van der Waals surface area (Å²) in [7, 11) is -3.74. The number of carbonyl (C=O) groups excluding carboxylic acids is 1. The number of hydrogen-bond acceptors (Lipinski definition) is 3. The van der Waals surface area contributed by atoms with E-state index in [0.29, 0.717) is 17.8 Å². The lowest BCUT2D eigenvalue weighted by molar-refractivity contribution is 0.0951. The summed E-state index contributed by atoms with van der Waals surface area (Å²) in [6.07, 6.45) is 1.97. The van der Waals surface area contributed by atoms with Gasteiger partial charge in [-0.15, -0.1) is 0 Å². The van der Waals surface area contributed by atoms with Crippen molar-refractivity contribution in [1.29, 1.82) is 0 Å². The molecule has 0 atom stereocenters. The minimum atomic E-state index is -3.74. The number of sulfonamides is 1. The summed E-state index contributed by atoms with van der Waals surface area (Å²) in [6, 6.07) is 13.8. The van der Waals surface area contributed by atoms with Gasteiger partial charge in [0.05, 0.1) is 10.6 Å². The Morgan fingerprint density at radius 3 is 2.52 bits per heavy atom. The molecule has 0 unspecified atom stereocenters. The second-order valence-corrected chi connectivity index (χ2v) is 8.15. The van der Waals surface area contributed by atoms with Gasteiger partial charge in [-0.3, -0.25) is 9.10 Å². The largest absolute Gasteiger partial charge is 0.349 e. The predicted octanol–water partition coefficient (Wildman–Crippen LogP) is 3.10. The fraction of sp³-hybridized carbons (Fsp3) is 0.316. The second-order valence-electron chi connectivity index (χ2n) is 6.28. The van der Waals surface area contributed by atoms with E-state index in [9.17, 15) is 13.2 Å². The van der Waals surface area contributed by atoms with Gasteiger partial charge >= 0.3 is 0 Å². The molecule has 1 saturated carbocycles. The van der Waals surface area contributed by atoms with Crippen molar-refractivity contribution in [3.8, 4) is 0 Å². The lowest BCUT2D eigenvalue weighted by Gasteiger charge is -2.23. The molecule has 3 rings (SSSR count).